The summed E-state index contributed by atoms with van der Waals surface area (Å²) in [7, 11) is 1.58. The fourth-order valence-corrected chi connectivity index (χ4v) is 3.55. The summed E-state index contributed by atoms with van der Waals surface area (Å²) < 4.78 is 22.4. The highest BCUT2D eigenvalue weighted by molar-refractivity contribution is 6.30. The summed E-state index contributed by atoms with van der Waals surface area (Å²) in [6, 6.07) is 8.83. The molecule has 2 heterocycles. The second kappa shape index (κ2) is 6.24. The lowest BCUT2D eigenvalue weighted by Crippen LogP contribution is -2.30. The number of Topliss-reactive ketones (excluding diaryl/α,β-unsaturated/α-hetero) is 1. The van der Waals surface area contributed by atoms with Gasteiger partial charge in [0.05, 0.1) is 25.2 Å². The quantitative estimate of drug-likeness (QED) is 0.804. The molecule has 5 nitrogen and oxygen atoms in total. The van der Waals surface area contributed by atoms with Crippen LogP contribution in [0.3, 0.4) is 0 Å². The lowest BCUT2D eigenvalue weighted by atomic mass is 9.86. The number of hydrogen-bond acceptors (Lipinski definition) is 5. The number of hydrogen-bond donors (Lipinski definition) is 0. The monoisotopic (exact) mass is 360 g/mol. The molecule has 0 unspecified atom stereocenters. The molecule has 2 aromatic carbocycles. The Kier molecular flexibility index (Phi) is 4.06. The number of carbonyl (C=O) groups excluding carboxylic acids is 1. The lowest BCUT2D eigenvalue weighted by Gasteiger charge is -2.33. The molecule has 4 rings (SSSR count). The first-order chi connectivity index (χ1) is 12.1. The molecular formula is C19H17ClO5. The molecule has 0 radical (unpaired) electrons. The molecule has 0 bridgehead atoms. The van der Waals surface area contributed by atoms with Gasteiger partial charge in [0.15, 0.2) is 12.6 Å². The van der Waals surface area contributed by atoms with Gasteiger partial charge in [-0.2, -0.15) is 0 Å². The fourth-order valence-electron chi connectivity index (χ4n) is 3.31. The van der Waals surface area contributed by atoms with Crippen LogP contribution >= 0.6 is 11.6 Å². The minimum absolute atomic E-state index is 0.0229. The minimum Gasteiger partial charge on any atom is -0.497 e. The Labute approximate surface area is 150 Å². The van der Waals surface area contributed by atoms with Gasteiger partial charge < -0.3 is 18.9 Å². The van der Waals surface area contributed by atoms with E-state index in [1.165, 1.54) is 0 Å². The van der Waals surface area contributed by atoms with E-state index in [2.05, 4.69) is 0 Å². The fraction of sp³-hybridized carbons (Fsp3) is 0.316. The van der Waals surface area contributed by atoms with Crippen molar-refractivity contribution >= 4 is 17.4 Å². The van der Waals surface area contributed by atoms with Crippen LogP contribution in [0.2, 0.25) is 5.02 Å². The van der Waals surface area contributed by atoms with Gasteiger partial charge in [-0.3, -0.25) is 4.79 Å². The summed E-state index contributed by atoms with van der Waals surface area (Å²) in [6.45, 7) is 2.44. The van der Waals surface area contributed by atoms with Crippen molar-refractivity contribution < 1.29 is 23.7 Å². The molecule has 0 fully saturated rings. The highest BCUT2D eigenvalue weighted by Gasteiger charge is 2.38. The second-order valence-corrected chi connectivity index (χ2v) is 6.58. The Morgan fingerprint density at radius 2 is 2.08 bits per heavy atom. The average Bonchev–Trinajstić information content (AvgIpc) is 2.63. The molecule has 0 saturated carbocycles. The van der Waals surface area contributed by atoms with Gasteiger partial charge in [-0.1, -0.05) is 18.5 Å². The Hall–Kier alpha value is -2.24. The van der Waals surface area contributed by atoms with E-state index in [0.29, 0.717) is 34.4 Å². The summed E-state index contributed by atoms with van der Waals surface area (Å²) >= 11 is 6.26. The molecule has 0 aromatic heterocycles. The van der Waals surface area contributed by atoms with Gasteiger partial charge in [0.1, 0.15) is 23.4 Å². The van der Waals surface area contributed by atoms with E-state index in [4.69, 9.17) is 30.5 Å². The smallest absolute Gasteiger partial charge is 0.189 e. The molecule has 2 atom stereocenters. The largest absolute Gasteiger partial charge is 0.497 e. The number of rotatable bonds is 2. The molecule has 0 saturated heterocycles. The molecule has 2 aliphatic heterocycles. The van der Waals surface area contributed by atoms with Crippen LogP contribution in [0.4, 0.5) is 0 Å². The third-order valence-corrected chi connectivity index (χ3v) is 4.80. The molecule has 0 N–H and O–H groups in total. The first kappa shape index (κ1) is 16.2. The van der Waals surface area contributed by atoms with Crippen molar-refractivity contribution in [1.82, 2.24) is 0 Å². The van der Waals surface area contributed by atoms with Gasteiger partial charge in [-0.05, 0) is 24.3 Å². The first-order valence-electron chi connectivity index (χ1n) is 8.00. The van der Waals surface area contributed by atoms with E-state index >= 15 is 0 Å². The molecule has 6 heteroatoms. The summed E-state index contributed by atoms with van der Waals surface area (Å²) in [5.41, 5.74) is 2.18. The number of methoxy groups -OCH3 is 1. The Bertz CT molecular complexity index is 848. The van der Waals surface area contributed by atoms with Gasteiger partial charge in [-0.25, -0.2) is 0 Å². The maximum absolute atomic E-state index is 12.8. The van der Waals surface area contributed by atoms with Crippen molar-refractivity contribution in [1.29, 1.82) is 0 Å². The van der Waals surface area contributed by atoms with Crippen molar-refractivity contribution in [2.75, 3.05) is 13.9 Å². The van der Waals surface area contributed by atoms with E-state index < -0.39 is 6.10 Å². The first-order valence-corrected chi connectivity index (χ1v) is 8.38. The van der Waals surface area contributed by atoms with Crippen molar-refractivity contribution in [2.24, 2.45) is 5.92 Å². The van der Waals surface area contributed by atoms with E-state index in [-0.39, 0.29) is 18.5 Å². The number of ether oxygens (including phenoxy) is 4. The van der Waals surface area contributed by atoms with E-state index in [1.54, 1.807) is 31.4 Å². The maximum atomic E-state index is 12.8. The Morgan fingerprint density at radius 1 is 1.24 bits per heavy atom. The predicted octanol–water partition coefficient (Wildman–Crippen LogP) is 4.17. The third-order valence-electron chi connectivity index (χ3n) is 4.59. The van der Waals surface area contributed by atoms with Crippen LogP contribution in [0.5, 0.6) is 17.2 Å². The third kappa shape index (κ3) is 2.73. The minimum atomic E-state index is -0.488. The molecule has 25 heavy (non-hydrogen) atoms. The maximum Gasteiger partial charge on any atom is 0.189 e. The molecule has 0 aliphatic carbocycles. The van der Waals surface area contributed by atoms with Gasteiger partial charge in [-0.15, -0.1) is 0 Å². The van der Waals surface area contributed by atoms with Gasteiger partial charge in [0, 0.05) is 22.2 Å². The van der Waals surface area contributed by atoms with Crippen LogP contribution in [0.25, 0.3) is 0 Å². The Morgan fingerprint density at radius 3 is 2.88 bits per heavy atom. The van der Waals surface area contributed by atoms with Crippen LogP contribution in [0, 0.1) is 5.92 Å². The van der Waals surface area contributed by atoms with Crippen molar-refractivity contribution in [3.05, 3.63) is 52.0 Å². The number of benzene rings is 2. The Balaban J connectivity index is 1.81. The molecule has 2 aromatic rings. The van der Waals surface area contributed by atoms with Crippen LogP contribution in [0.1, 0.15) is 34.5 Å². The summed E-state index contributed by atoms with van der Waals surface area (Å²) in [6.07, 6.45) is -0.488. The summed E-state index contributed by atoms with van der Waals surface area (Å²) in [4.78, 5) is 12.8. The number of halogens is 1. The summed E-state index contributed by atoms with van der Waals surface area (Å²) in [5.74, 6) is 1.49. The zero-order chi connectivity index (χ0) is 17.6. The number of fused-ring (bicyclic) bond motifs is 2. The van der Waals surface area contributed by atoms with E-state index in [9.17, 15) is 4.79 Å². The normalized spacial score (nSPS) is 21.6. The van der Waals surface area contributed by atoms with Crippen molar-refractivity contribution in [2.45, 2.75) is 19.6 Å². The van der Waals surface area contributed by atoms with Crippen LogP contribution in [0.15, 0.2) is 30.3 Å². The van der Waals surface area contributed by atoms with Crippen LogP contribution < -0.4 is 14.2 Å². The number of ketones is 1. The van der Waals surface area contributed by atoms with Gasteiger partial charge >= 0.3 is 0 Å². The highest BCUT2D eigenvalue weighted by Crippen LogP contribution is 2.45. The van der Waals surface area contributed by atoms with Crippen molar-refractivity contribution in [3.8, 4) is 17.2 Å². The zero-order valence-corrected chi connectivity index (χ0v) is 14.6. The lowest BCUT2D eigenvalue weighted by molar-refractivity contribution is -0.0189. The molecule has 130 valence electrons. The van der Waals surface area contributed by atoms with Gasteiger partial charge in [0.2, 0.25) is 0 Å². The number of carbonyl (C=O) groups is 1. The topological polar surface area (TPSA) is 54.0 Å². The molecule has 0 spiro atoms. The summed E-state index contributed by atoms with van der Waals surface area (Å²) in [5, 5.41) is 0.558. The van der Waals surface area contributed by atoms with Crippen LogP contribution in [-0.4, -0.2) is 19.7 Å². The second-order valence-electron chi connectivity index (χ2n) is 6.15. The highest BCUT2D eigenvalue weighted by atomic mass is 35.5. The zero-order valence-electron chi connectivity index (χ0n) is 13.9. The molecular weight excluding hydrogens is 344 g/mol. The van der Waals surface area contributed by atoms with Crippen molar-refractivity contribution in [3.63, 3.8) is 0 Å². The molecule has 2 aliphatic rings. The van der Waals surface area contributed by atoms with E-state index in [1.807, 2.05) is 13.0 Å². The van der Waals surface area contributed by atoms with Gasteiger partial charge in [0.25, 0.3) is 0 Å². The predicted molar refractivity (Wildman–Crippen MR) is 91.6 cm³/mol. The van der Waals surface area contributed by atoms with E-state index in [0.717, 1.165) is 11.1 Å². The average molecular weight is 361 g/mol. The standard InChI is InChI=1S/C19H17ClO5/c1-10-17(21)14-4-3-13(22-2)7-16(14)25-18(10)15-6-12(20)5-11-8-23-9-24-19(11)15/h3-7,10,18H,8-9H2,1-2H3/t10-,18+/m1/s1. The molecule has 0 amide bonds. The van der Waals surface area contributed by atoms with Crippen LogP contribution in [-0.2, 0) is 11.3 Å². The SMILES string of the molecule is COc1ccc2c(c1)O[C@H](c1cc(Cl)cc3c1OCOC3)[C@H](C)C2=O.